The molecule has 1 aromatic carbocycles. The predicted octanol–water partition coefficient (Wildman–Crippen LogP) is 5.46. The summed E-state index contributed by atoms with van der Waals surface area (Å²) in [5, 5.41) is 1.79. The van der Waals surface area contributed by atoms with Gasteiger partial charge in [0.15, 0.2) is 27.3 Å². The molecular weight excluding hydrogens is 406 g/mol. The summed E-state index contributed by atoms with van der Waals surface area (Å²) in [6, 6.07) is 8.31. The highest BCUT2D eigenvalue weighted by Crippen LogP contribution is 2.33. The number of allylic oxidation sites excluding steroid dienone is 2. The van der Waals surface area contributed by atoms with E-state index in [1.54, 1.807) is 11.8 Å². The van der Waals surface area contributed by atoms with Crippen molar-refractivity contribution >= 4 is 39.8 Å². The van der Waals surface area contributed by atoms with E-state index in [4.69, 9.17) is 15.7 Å². The Morgan fingerprint density at radius 1 is 1.03 bits per heavy atom. The Balaban J connectivity index is 1.75. The summed E-state index contributed by atoms with van der Waals surface area (Å²) < 4.78 is 4.44. The third-order valence-electron chi connectivity index (χ3n) is 5.22. The summed E-state index contributed by atoms with van der Waals surface area (Å²) in [5.74, 6) is 0.407. The normalized spacial score (nSPS) is 11.5. The van der Waals surface area contributed by atoms with Gasteiger partial charge in [-0.05, 0) is 50.6 Å². The molecule has 3 heterocycles. The molecule has 0 atom stereocenters. The van der Waals surface area contributed by atoms with Gasteiger partial charge in [0, 0.05) is 13.1 Å². The molecule has 3 aromatic heterocycles. The summed E-state index contributed by atoms with van der Waals surface area (Å²) in [6.07, 6.45) is 8.14. The minimum atomic E-state index is 0.407. The van der Waals surface area contributed by atoms with Gasteiger partial charge < -0.3 is 14.9 Å². The van der Waals surface area contributed by atoms with Crippen LogP contribution in [0.2, 0.25) is 0 Å². The zero-order valence-corrected chi connectivity index (χ0v) is 19.2. The molecule has 0 bridgehead atoms. The van der Waals surface area contributed by atoms with Gasteiger partial charge in [-0.2, -0.15) is 0 Å². The number of aryl methyl sites for hydroxylation is 2. The molecule has 0 saturated heterocycles. The molecule has 0 aliphatic carbocycles. The van der Waals surface area contributed by atoms with Gasteiger partial charge in [-0.25, -0.2) is 19.9 Å². The van der Waals surface area contributed by atoms with Crippen LogP contribution < -0.4 is 5.73 Å². The third-order valence-corrected chi connectivity index (χ3v) is 6.21. The first-order valence-corrected chi connectivity index (χ1v) is 11.6. The number of nitrogens with zero attached hydrogens (tertiary/aromatic N) is 6. The minimum Gasteiger partial charge on any atom is -0.382 e. The number of benzene rings is 1. The number of hydrogen-bond donors (Lipinski definition) is 1. The standard InChI is InChI=1S/C23H29N7S/c1-4-5-8-13-29-18-12-7-6-11-17(18)27-22(29)31-23-28-19-20(24)25-15-26-21(19)30(23)14-9-10-16(2)3/h6-7,10-12,15H,4-5,8-9,13-14H2,1-3H3,(H2,24,25,26). The molecular formula is C23H29N7S. The van der Waals surface area contributed by atoms with Crippen LogP contribution in [0.1, 0.15) is 46.5 Å². The lowest BCUT2D eigenvalue weighted by Gasteiger charge is -2.10. The number of anilines is 1. The molecule has 7 nitrogen and oxygen atoms in total. The van der Waals surface area contributed by atoms with Gasteiger partial charge in [-0.1, -0.05) is 43.5 Å². The van der Waals surface area contributed by atoms with E-state index >= 15 is 0 Å². The summed E-state index contributed by atoms with van der Waals surface area (Å²) in [6.45, 7) is 8.16. The molecule has 0 unspecified atom stereocenters. The van der Waals surface area contributed by atoms with Crippen LogP contribution in [0.15, 0.2) is 52.6 Å². The summed E-state index contributed by atoms with van der Waals surface area (Å²) in [5.41, 5.74) is 11.0. The van der Waals surface area contributed by atoms with E-state index in [2.05, 4.69) is 64.1 Å². The average Bonchev–Trinajstić information content (AvgIpc) is 3.27. The highest BCUT2D eigenvalue weighted by molar-refractivity contribution is 7.99. The van der Waals surface area contributed by atoms with Gasteiger partial charge >= 0.3 is 0 Å². The van der Waals surface area contributed by atoms with Crippen molar-refractivity contribution in [1.82, 2.24) is 29.1 Å². The molecule has 0 spiro atoms. The van der Waals surface area contributed by atoms with Gasteiger partial charge in [0.2, 0.25) is 0 Å². The molecule has 162 valence electrons. The van der Waals surface area contributed by atoms with Crippen LogP contribution in [0.5, 0.6) is 0 Å². The highest BCUT2D eigenvalue weighted by Gasteiger charge is 2.19. The average molecular weight is 436 g/mol. The second-order valence-corrected chi connectivity index (χ2v) is 8.83. The van der Waals surface area contributed by atoms with Crippen molar-refractivity contribution in [3.63, 3.8) is 0 Å². The van der Waals surface area contributed by atoms with E-state index in [1.807, 2.05) is 6.07 Å². The minimum absolute atomic E-state index is 0.407. The van der Waals surface area contributed by atoms with E-state index in [0.717, 1.165) is 52.9 Å². The molecule has 4 rings (SSSR count). The molecule has 8 heteroatoms. The van der Waals surface area contributed by atoms with Crippen molar-refractivity contribution < 1.29 is 0 Å². The van der Waals surface area contributed by atoms with Crippen LogP contribution in [0.25, 0.3) is 22.2 Å². The Morgan fingerprint density at radius 2 is 1.84 bits per heavy atom. The first kappa shape index (κ1) is 21.4. The molecule has 0 radical (unpaired) electrons. The quantitative estimate of drug-likeness (QED) is 0.278. The van der Waals surface area contributed by atoms with Crippen LogP contribution in [0, 0.1) is 0 Å². The SMILES string of the molecule is CCCCCn1c(Sc2nc3c(N)ncnc3n2CCC=C(C)C)nc2ccccc21. The van der Waals surface area contributed by atoms with Gasteiger partial charge in [-0.15, -0.1) is 0 Å². The fourth-order valence-electron chi connectivity index (χ4n) is 3.64. The van der Waals surface area contributed by atoms with Crippen LogP contribution >= 0.6 is 11.8 Å². The zero-order valence-electron chi connectivity index (χ0n) is 18.4. The van der Waals surface area contributed by atoms with E-state index in [1.165, 1.54) is 24.7 Å². The van der Waals surface area contributed by atoms with Crippen molar-refractivity contribution in [3.8, 4) is 0 Å². The van der Waals surface area contributed by atoms with Crippen molar-refractivity contribution in [2.75, 3.05) is 5.73 Å². The summed E-state index contributed by atoms with van der Waals surface area (Å²) in [4.78, 5) is 18.3. The van der Waals surface area contributed by atoms with Crippen LogP contribution in [-0.2, 0) is 13.1 Å². The van der Waals surface area contributed by atoms with E-state index < -0.39 is 0 Å². The molecule has 0 amide bonds. The molecule has 0 fully saturated rings. The molecule has 31 heavy (non-hydrogen) atoms. The second-order valence-electron chi connectivity index (χ2n) is 7.89. The monoisotopic (exact) mass is 435 g/mol. The first-order chi connectivity index (χ1) is 15.1. The Kier molecular flexibility index (Phi) is 6.56. The van der Waals surface area contributed by atoms with Gasteiger partial charge in [0.1, 0.15) is 6.33 Å². The Labute approximate surface area is 186 Å². The highest BCUT2D eigenvalue weighted by atomic mass is 32.2. The molecule has 2 N–H and O–H groups in total. The number of rotatable bonds is 9. The van der Waals surface area contributed by atoms with Crippen molar-refractivity contribution in [1.29, 1.82) is 0 Å². The van der Waals surface area contributed by atoms with Crippen LogP contribution in [0.4, 0.5) is 5.82 Å². The number of aromatic nitrogens is 6. The summed E-state index contributed by atoms with van der Waals surface area (Å²) in [7, 11) is 0. The van der Waals surface area contributed by atoms with E-state index in [0.29, 0.717) is 11.3 Å². The largest absolute Gasteiger partial charge is 0.382 e. The number of hydrogen-bond acceptors (Lipinski definition) is 6. The fraction of sp³-hybridized carbons (Fsp3) is 0.391. The number of nitrogen functional groups attached to an aromatic ring is 1. The molecule has 0 saturated carbocycles. The maximum Gasteiger partial charge on any atom is 0.178 e. The van der Waals surface area contributed by atoms with Crippen LogP contribution in [0.3, 0.4) is 0 Å². The Morgan fingerprint density at radius 3 is 2.65 bits per heavy atom. The summed E-state index contributed by atoms with van der Waals surface area (Å²) >= 11 is 1.58. The van der Waals surface area contributed by atoms with Crippen LogP contribution in [-0.4, -0.2) is 29.1 Å². The van der Waals surface area contributed by atoms with E-state index in [-0.39, 0.29) is 0 Å². The Hall–Kier alpha value is -2.87. The van der Waals surface area contributed by atoms with Gasteiger partial charge in [0.25, 0.3) is 0 Å². The molecule has 0 aliphatic heterocycles. The smallest absolute Gasteiger partial charge is 0.178 e. The number of para-hydroxylation sites is 2. The zero-order chi connectivity index (χ0) is 21.8. The number of fused-ring (bicyclic) bond motifs is 2. The lowest BCUT2D eigenvalue weighted by atomic mass is 10.2. The van der Waals surface area contributed by atoms with Crippen molar-refractivity contribution in [2.45, 2.75) is 69.9 Å². The third kappa shape index (κ3) is 4.58. The van der Waals surface area contributed by atoms with Crippen molar-refractivity contribution in [2.24, 2.45) is 0 Å². The Bertz CT molecular complexity index is 1220. The number of imidazole rings is 2. The van der Waals surface area contributed by atoms with Gasteiger partial charge in [0.05, 0.1) is 11.0 Å². The maximum atomic E-state index is 6.11. The number of unbranched alkanes of at least 4 members (excludes halogenated alkanes) is 2. The second kappa shape index (κ2) is 9.51. The maximum absolute atomic E-state index is 6.11. The topological polar surface area (TPSA) is 87.4 Å². The lowest BCUT2D eigenvalue weighted by molar-refractivity contribution is 0.577. The van der Waals surface area contributed by atoms with E-state index in [9.17, 15) is 0 Å². The van der Waals surface area contributed by atoms with Crippen molar-refractivity contribution in [3.05, 3.63) is 42.2 Å². The first-order valence-electron chi connectivity index (χ1n) is 10.8. The predicted molar refractivity (Wildman–Crippen MR) is 127 cm³/mol. The fourth-order valence-corrected chi connectivity index (χ4v) is 4.68. The molecule has 4 aromatic rings. The lowest BCUT2D eigenvalue weighted by Crippen LogP contribution is -2.04. The molecule has 0 aliphatic rings. The number of nitrogens with two attached hydrogens (primary N) is 1. The van der Waals surface area contributed by atoms with Gasteiger partial charge in [-0.3, -0.25) is 0 Å².